The molecule has 292 valence electrons. The summed E-state index contributed by atoms with van der Waals surface area (Å²) < 4.78 is 5.62. The monoisotopic (exact) mass is 713 g/mol. The van der Waals surface area contributed by atoms with Gasteiger partial charge in [-0.3, -0.25) is 4.79 Å². The smallest absolute Gasteiger partial charge is 0.192 e. The molecule has 0 aromatic rings. The van der Waals surface area contributed by atoms with Crippen molar-refractivity contribution in [3.63, 3.8) is 0 Å². The maximum atomic E-state index is 13.2. The van der Waals surface area contributed by atoms with Gasteiger partial charge in [0.25, 0.3) is 0 Å². The molecule has 0 fully saturated rings. The lowest BCUT2D eigenvalue weighted by Gasteiger charge is -2.21. The molecule has 6 nitrogen and oxygen atoms in total. The van der Waals surface area contributed by atoms with Crippen LogP contribution in [0.5, 0.6) is 0 Å². The van der Waals surface area contributed by atoms with Crippen molar-refractivity contribution in [3.8, 4) is 0 Å². The molecule has 0 rings (SSSR count). The molecule has 1 N–H and O–H groups in total. The first kappa shape index (κ1) is 48.5. The van der Waals surface area contributed by atoms with E-state index >= 15 is 0 Å². The van der Waals surface area contributed by atoms with Crippen LogP contribution in [0.15, 0.2) is 5.18 Å². The SMILES string of the molecule is CCCCCCCCCC(O)OCCCCCCN(CCCCCCSC(=O)C(CCCCCCCC)CCCCCCCC)CCN=O. The minimum atomic E-state index is -0.609. The molecule has 0 aliphatic heterocycles. The fraction of sp³-hybridized carbons (Fsp3) is 0.976. The molecule has 0 radical (unpaired) electrons. The predicted molar refractivity (Wildman–Crippen MR) is 216 cm³/mol. The highest BCUT2D eigenvalue weighted by Gasteiger charge is 2.18. The number of rotatable bonds is 41. The van der Waals surface area contributed by atoms with E-state index in [0.29, 0.717) is 18.3 Å². The molecule has 0 saturated carbocycles. The minimum Gasteiger partial charge on any atom is -0.368 e. The van der Waals surface area contributed by atoms with Crippen molar-refractivity contribution in [1.29, 1.82) is 0 Å². The molecule has 0 aromatic carbocycles. The molecule has 7 heteroatoms. The Labute approximate surface area is 309 Å². The summed E-state index contributed by atoms with van der Waals surface area (Å²) in [6, 6.07) is 0. The van der Waals surface area contributed by atoms with E-state index in [-0.39, 0.29) is 5.92 Å². The van der Waals surface area contributed by atoms with Gasteiger partial charge in [0.1, 0.15) is 0 Å². The zero-order valence-electron chi connectivity index (χ0n) is 33.1. The van der Waals surface area contributed by atoms with Gasteiger partial charge in [0.15, 0.2) is 11.4 Å². The van der Waals surface area contributed by atoms with Gasteiger partial charge < -0.3 is 14.7 Å². The summed E-state index contributed by atoms with van der Waals surface area (Å²) in [5.74, 6) is 1.22. The molecule has 0 saturated heterocycles. The Bertz CT molecular complexity index is 667. The van der Waals surface area contributed by atoms with Gasteiger partial charge in [-0.25, -0.2) is 0 Å². The fourth-order valence-electron chi connectivity index (χ4n) is 6.69. The number of aliphatic hydroxyl groups is 1. The van der Waals surface area contributed by atoms with Crippen LogP contribution in [0.3, 0.4) is 0 Å². The lowest BCUT2D eigenvalue weighted by Crippen LogP contribution is -2.28. The van der Waals surface area contributed by atoms with E-state index in [1.165, 1.54) is 128 Å². The summed E-state index contributed by atoms with van der Waals surface area (Å²) in [6.45, 7) is 10.6. The van der Waals surface area contributed by atoms with E-state index in [9.17, 15) is 14.8 Å². The largest absolute Gasteiger partial charge is 0.368 e. The first-order chi connectivity index (χ1) is 24.1. The van der Waals surface area contributed by atoms with Gasteiger partial charge in [-0.15, -0.1) is 0 Å². The normalized spacial score (nSPS) is 12.4. The van der Waals surface area contributed by atoms with E-state index < -0.39 is 6.29 Å². The lowest BCUT2D eigenvalue weighted by molar-refractivity contribution is -0.114. The third-order valence-electron chi connectivity index (χ3n) is 10.00. The van der Waals surface area contributed by atoms with Crippen LogP contribution in [-0.2, 0) is 9.53 Å². The van der Waals surface area contributed by atoms with Crippen LogP contribution in [0.2, 0.25) is 0 Å². The number of carbonyl (C=O) groups is 1. The van der Waals surface area contributed by atoms with Crippen LogP contribution in [-0.4, -0.2) is 60.0 Å². The molecule has 0 amide bonds. The lowest BCUT2D eigenvalue weighted by atomic mass is 9.95. The van der Waals surface area contributed by atoms with Gasteiger partial charge in [-0.2, -0.15) is 4.91 Å². The van der Waals surface area contributed by atoms with Gasteiger partial charge in [0.05, 0.1) is 6.54 Å². The Balaban J connectivity index is 4.07. The Morgan fingerprint density at radius 2 is 1.00 bits per heavy atom. The number of hydrogen-bond acceptors (Lipinski definition) is 7. The Morgan fingerprint density at radius 1 is 0.571 bits per heavy atom. The topological polar surface area (TPSA) is 79.2 Å². The molecule has 0 aromatic heterocycles. The summed E-state index contributed by atoms with van der Waals surface area (Å²) in [5.41, 5.74) is 0. The molecular weight excluding hydrogens is 629 g/mol. The zero-order valence-corrected chi connectivity index (χ0v) is 33.9. The number of nitroso groups, excluding NO2 is 1. The van der Waals surface area contributed by atoms with Gasteiger partial charge in [0.2, 0.25) is 0 Å². The first-order valence-electron chi connectivity index (χ1n) is 21.6. The van der Waals surface area contributed by atoms with Crippen molar-refractivity contribution >= 4 is 16.9 Å². The Hall–Kier alpha value is -0.500. The fourth-order valence-corrected chi connectivity index (χ4v) is 7.71. The van der Waals surface area contributed by atoms with Gasteiger partial charge in [-0.1, -0.05) is 179 Å². The standard InChI is InChI=1S/C42H84N2O4S/c1-4-7-10-13-16-19-26-33-41(45)48-38-29-22-20-27-35-44(37-34-43-47)36-28-21-23-30-39-49-42(46)40(31-24-17-14-11-8-5-2)32-25-18-15-12-9-6-3/h40-41,45H,4-39H2,1-3H3. The second-order valence-corrected chi connectivity index (χ2v) is 15.8. The highest BCUT2D eigenvalue weighted by atomic mass is 32.2. The summed E-state index contributed by atoms with van der Waals surface area (Å²) in [6.07, 6.45) is 35.7. The second kappa shape index (κ2) is 40.3. The number of ether oxygens (including phenoxy) is 1. The molecule has 0 spiro atoms. The van der Waals surface area contributed by atoms with Crippen molar-refractivity contribution in [3.05, 3.63) is 4.91 Å². The number of hydrogen-bond donors (Lipinski definition) is 1. The summed E-state index contributed by atoms with van der Waals surface area (Å²) >= 11 is 1.61. The Morgan fingerprint density at radius 3 is 1.51 bits per heavy atom. The first-order valence-corrected chi connectivity index (χ1v) is 22.5. The second-order valence-electron chi connectivity index (χ2n) is 14.7. The van der Waals surface area contributed by atoms with E-state index in [0.717, 1.165) is 89.6 Å². The van der Waals surface area contributed by atoms with E-state index in [4.69, 9.17) is 4.74 Å². The molecule has 0 heterocycles. The third kappa shape index (κ3) is 35.7. The van der Waals surface area contributed by atoms with Gasteiger partial charge in [0, 0.05) is 24.8 Å². The molecule has 0 aliphatic rings. The van der Waals surface area contributed by atoms with Crippen molar-refractivity contribution in [2.75, 3.05) is 38.5 Å². The zero-order chi connectivity index (χ0) is 35.9. The molecule has 1 atom stereocenters. The van der Waals surface area contributed by atoms with Crippen molar-refractivity contribution in [1.82, 2.24) is 4.90 Å². The summed E-state index contributed by atoms with van der Waals surface area (Å²) in [4.78, 5) is 26.3. The van der Waals surface area contributed by atoms with Crippen LogP contribution in [0, 0.1) is 10.8 Å². The van der Waals surface area contributed by atoms with E-state index in [2.05, 4.69) is 30.8 Å². The number of carbonyl (C=O) groups excluding carboxylic acids is 1. The number of aliphatic hydroxyl groups excluding tert-OH is 1. The van der Waals surface area contributed by atoms with Crippen molar-refractivity contribution < 1.29 is 14.6 Å². The molecule has 49 heavy (non-hydrogen) atoms. The van der Waals surface area contributed by atoms with Crippen molar-refractivity contribution in [2.24, 2.45) is 11.1 Å². The minimum absolute atomic E-state index is 0.265. The third-order valence-corrected chi connectivity index (χ3v) is 11.1. The Kier molecular flexibility index (Phi) is 39.9. The van der Waals surface area contributed by atoms with Crippen LogP contribution in [0.25, 0.3) is 0 Å². The summed E-state index contributed by atoms with van der Waals surface area (Å²) in [7, 11) is 0. The average Bonchev–Trinajstić information content (AvgIpc) is 3.10. The van der Waals surface area contributed by atoms with E-state index in [1.807, 2.05) is 0 Å². The van der Waals surface area contributed by atoms with Gasteiger partial charge >= 0.3 is 0 Å². The average molecular weight is 713 g/mol. The van der Waals surface area contributed by atoms with Crippen molar-refractivity contribution in [2.45, 2.75) is 220 Å². The molecule has 1 unspecified atom stereocenters. The highest BCUT2D eigenvalue weighted by Crippen LogP contribution is 2.25. The maximum Gasteiger partial charge on any atom is 0.192 e. The quantitative estimate of drug-likeness (QED) is 0.0386. The predicted octanol–water partition coefficient (Wildman–Crippen LogP) is 13.0. The molecule has 0 bridgehead atoms. The van der Waals surface area contributed by atoms with Crippen LogP contribution >= 0.6 is 11.8 Å². The molecule has 0 aliphatic carbocycles. The molecular formula is C42H84N2O4S. The summed E-state index contributed by atoms with van der Waals surface area (Å²) in [5, 5.41) is 13.6. The number of thioether (sulfide) groups is 1. The van der Waals surface area contributed by atoms with E-state index in [1.54, 1.807) is 11.8 Å². The highest BCUT2D eigenvalue weighted by molar-refractivity contribution is 8.13. The maximum absolute atomic E-state index is 13.2. The van der Waals surface area contributed by atoms with Gasteiger partial charge in [-0.05, 0) is 64.5 Å². The number of unbranched alkanes of at least 4 members (excludes halogenated alkanes) is 22. The van der Waals surface area contributed by atoms with Crippen LogP contribution in [0.4, 0.5) is 0 Å². The van der Waals surface area contributed by atoms with Crippen LogP contribution in [0.1, 0.15) is 213 Å². The number of nitrogens with zero attached hydrogens (tertiary/aromatic N) is 2. The van der Waals surface area contributed by atoms with Crippen LogP contribution < -0.4 is 0 Å².